The predicted molar refractivity (Wildman–Crippen MR) is 117 cm³/mol. The van der Waals surface area contributed by atoms with Crippen molar-refractivity contribution >= 4 is 22.4 Å². The molecule has 1 atom stereocenters. The molecule has 1 aromatic rings. The molecule has 10 heteroatoms. The van der Waals surface area contributed by atoms with Crippen molar-refractivity contribution in [2.24, 2.45) is 5.73 Å². The molecule has 0 amide bonds. The van der Waals surface area contributed by atoms with Crippen molar-refractivity contribution in [2.75, 3.05) is 25.4 Å². The number of rotatable bonds is 8. The highest BCUT2D eigenvalue weighted by Crippen LogP contribution is 2.36. The zero-order valence-corrected chi connectivity index (χ0v) is 19.5. The summed E-state index contributed by atoms with van der Waals surface area (Å²) < 4.78 is 37.3. The topological polar surface area (TPSA) is 108 Å². The van der Waals surface area contributed by atoms with E-state index in [9.17, 15) is 8.42 Å². The van der Waals surface area contributed by atoms with E-state index < -0.39 is 28.2 Å². The van der Waals surface area contributed by atoms with Crippen molar-refractivity contribution < 1.29 is 17.7 Å². The summed E-state index contributed by atoms with van der Waals surface area (Å²) in [6.45, 7) is 10.4. The van der Waals surface area contributed by atoms with Crippen LogP contribution in [0.15, 0.2) is 17.6 Å². The molecule has 3 rings (SSSR count). The van der Waals surface area contributed by atoms with Gasteiger partial charge in [0, 0.05) is 37.0 Å². The lowest BCUT2D eigenvalue weighted by Crippen LogP contribution is -2.42. The van der Waals surface area contributed by atoms with Crippen LogP contribution in [0.5, 0.6) is 0 Å². The normalized spacial score (nSPS) is 24.3. The van der Waals surface area contributed by atoms with E-state index in [4.69, 9.17) is 15.0 Å². The third-order valence-corrected chi connectivity index (χ3v) is 8.16. The highest BCUT2D eigenvalue weighted by Gasteiger charge is 2.52. The Kier molecular flexibility index (Phi) is 7.24. The molecule has 0 radical (unpaired) electrons. The van der Waals surface area contributed by atoms with Crippen molar-refractivity contribution in [2.45, 2.75) is 82.2 Å². The van der Waals surface area contributed by atoms with Gasteiger partial charge in [-0.3, -0.25) is 4.90 Å². The van der Waals surface area contributed by atoms with E-state index in [-0.39, 0.29) is 10.9 Å². The van der Waals surface area contributed by atoms with Gasteiger partial charge in [-0.1, -0.05) is 6.42 Å². The summed E-state index contributed by atoms with van der Waals surface area (Å²) in [6.07, 6.45) is 7.93. The van der Waals surface area contributed by atoms with E-state index in [0.29, 0.717) is 24.5 Å². The van der Waals surface area contributed by atoms with Gasteiger partial charge in [0.05, 0.1) is 17.0 Å². The fraction of sp³-hybridized carbons (Fsp3) is 0.800. The van der Waals surface area contributed by atoms with Crippen molar-refractivity contribution in [1.82, 2.24) is 14.9 Å². The minimum atomic E-state index is -3.52. The molecule has 1 unspecified atom stereocenters. The van der Waals surface area contributed by atoms with Gasteiger partial charge in [-0.25, -0.2) is 18.4 Å². The number of nitrogens with zero attached hydrogens (tertiary/aromatic N) is 3. The summed E-state index contributed by atoms with van der Waals surface area (Å²) in [4.78, 5) is 10.6. The summed E-state index contributed by atoms with van der Waals surface area (Å²) >= 11 is 0. The number of piperidine rings is 1. The number of hydrogen-bond acceptors (Lipinski definition) is 8. The second-order valence-corrected chi connectivity index (χ2v) is 11.3. The Balaban J connectivity index is 1.58. The van der Waals surface area contributed by atoms with E-state index in [2.05, 4.69) is 14.9 Å². The van der Waals surface area contributed by atoms with Crippen molar-refractivity contribution in [3.05, 3.63) is 12.4 Å². The smallest absolute Gasteiger partial charge is 0.399 e. The standard InChI is InChI=1S/C20H35BN4O4S/c1-19(2)20(3,4)29-21(28-19)16-14-23-18(24-15-16)30(26,27)13-7-9-17-8-5-6-11-25(17)12-10-22/h14-15,17H,5-13,22H2,1-4H3. The minimum absolute atomic E-state index is 0.0514. The first-order valence-corrected chi connectivity index (χ1v) is 12.6. The van der Waals surface area contributed by atoms with Crippen LogP contribution >= 0.6 is 0 Å². The fourth-order valence-corrected chi connectivity index (χ4v) is 5.19. The maximum atomic E-state index is 12.7. The van der Waals surface area contributed by atoms with Crippen LogP contribution in [0.2, 0.25) is 0 Å². The van der Waals surface area contributed by atoms with E-state index in [1.54, 1.807) is 0 Å². The summed E-state index contributed by atoms with van der Waals surface area (Å²) in [5.41, 5.74) is 5.38. The molecule has 2 aliphatic rings. The van der Waals surface area contributed by atoms with Crippen LogP contribution < -0.4 is 11.2 Å². The van der Waals surface area contributed by atoms with Crippen LogP contribution in [0, 0.1) is 0 Å². The molecule has 0 aliphatic carbocycles. The Morgan fingerprint density at radius 2 is 1.80 bits per heavy atom. The molecule has 2 fully saturated rings. The molecule has 30 heavy (non-hydrogen) atoms. The third kappa shape index (κ3) is 5.22. The Morgan fingerprint density at radius 1 is 1.17 bits per heavy atom. The SMILES string of the molecule is CC1(C)OB(c2cnc(S(=O)(=O)CCCC3CCCCN3CCN)nc2)OC1(C)C. The van der Waals surface area contributed by atoms with Gasteiger partial charge in [-0.2, -0.15) is 0 Å². The van der Waals surface area contributed by atoms with Crippen molar-refractivity contribution in [3.8, 4) is 0 Å². The Hall–Kier alpha value is -1.07. The van der Waals surface area contributed by atoms with E-state index >= 15 is 0 Å². The lowest BCUT2D eigenvalue weighted by atomic mass is 9.81. The lowest BCUT2D eigenvalue weighted by Gasteiger charge is -2.35. The molecule has 2 aliphatic heterocycles. The van der Waals surface area contributed by atoms with Crippen LogP contribution in [-0.2, 0) is 19.1 Å². The number of likely N-dealkylation sites (tertiary alicyclic amines) is 1. The molecular weight excluding hydrogens is 403 g/mol. The fourth-order valence-electron chi connectivity index (χ4n) is 4.04. The van der Waals surface area contributed by atoms with Gasteiger partial charge in [0.25, 0.3) is 0 Å². The van der Waals surface area contributed by atoms with Gasteiger partial charge >= 0.3 is 7.12 Å². The Labute approximate surface area is 181 Å². The summed E-state index contributed by atoms with van der Waals surface area (Å²) in [7, 11) is -4.13. The van der Waals surface area contributed by atoms with Gasteiger partial charge in [0.15, 0.2) is 0 Å². The lowest BCUT2D eigenvalue weighted by molar-refractivity contribution is 0.00578. The van der Waals surface area contributed by atoms with E-state index in [0.717, 1.165) is 25.9 Å². The Morgan fingerprint density at radius 3 is 2.40 bits per heavy atom. The van der Waals surface area contributed by atoms with Gasteiger partial charge in [-0.15, -0.1) is 0 Å². The van der Waals surface area contributed by atoms with Gasteiger partial charge in [-0.05, 0) is 59.9 Å². The summed E-state index contributed by atoms with van der Waals surface area (Å²) in [6, 6.07) is 0.421. The maximum absolute atomic E-state index is 12.7. The monoisotopic (exact) mass is 438 g/mol. The first-order chi connectivity index (χ1) is 14.1. The number of aromatic nitrogens is 2. The first kappa shape index (κ1) is 23.6. The summed E-state index contributed by atoms with van der Waals surface area (Å²) in [5, 5.41) is -0.134. The zero-order chi connectivity index (χ0) is 22.0. The summed E-state index contributed by atoms with van der Waals surface area (Å²) in [5.74, 6) is 0.0514. The molecule has 2 N–H and O–H groups in total. The van der Waals surface area contributed by atoms with E-state index in [1.165, 1.54) is 25.2 Å². The molecule has 3 heterocycles. The second-order valence-electron chi connectivity index (χ2n) is 9.32. The van der Waals surface area contributed by atoms with Gasteiger partial charge in [0.1, 0.15) is 0 Å². The average molecular weight is 438 g/mol. The largest absolute Gasteiger partial charge is 0.498 e. The number of nitrogens with two attached hydrogens (primary N) is 1. The Bertz CT molecular complexity index is 799. The molecule has 0 saturated carbocycles. The zero-order valence-electron chi connectivity index (χ0n) is 18.6. The highest BCUT2D eigenvalue weighted by molar-refractivity contribution is 7.91. The first-order valence-electron chi connectivity index (χ1n) is 10.9. The van der Waals surface area contributed by atoms with Crippen LogP contribution in [-0.4, -0.2) is 73.0 Å². The molecule has 8 nitrogen and oxygen atoms in total. The molecule has 0 spiro atoms. The van der Waals surface area contributed by atoms with Crippen molar-refractivity contribution in [1.29, 1.82) is 0 Å². The van der Waals surface area contributed by atoms with Crippen LogP contribution in [0.4, 0.5) is 0 Å². The minimum Gasteiger partial charge on any atom is -0.399 e. The maximum Gasteiger partial charge on any atom is 0.498 e. The predicted octanol–water partition coefficient (Wildman–Crippen LogP) is 1.14. The van der Waals surface area contributed by atoms with Crippen LogP contribution in [0.3, 0.4) is 0 Å². The van der Waals surface area contributed by atoms with Crippen LogP contribution in [0.1, 0.15) is 59.8 Å². The molecule has 0 aromatic carbocycles. The third-order valence-electron chi connectivity index (χ3n) is 6.57. The molecule has 168 valence electrons. The quantitative estimate of drug-likeness (QED) is 0.476. The van der Waals surface area contributed by atoms with Crippen LogP contribution in [0.25, 0.3) is 0 Å². The van der Waals surface area contributed by atoms with E-state index in [1.807, 2.05) is 27.7 Å². The molecule has 0 bridgehead atoms. The molecular formula is C20H35BN4O4S. The number of sulfone groups is 1. The number of hydrogen-bond donors (Lipinski definition) is 1. The second kappa shape index (κ2) is 9.20. The molecule has 2 saturated heterocycles. The van der Waals surface area contributed by atoms with Gasteiger partial charge in [0.2, 0.25) is 15.0 Å². The average Bonchev–Trinajstić information content (AvgIpc) is 2.91. The van der Waals surface area contributed by atoms with Gasteiger partial charge < -0.3 is 15.0 Å². The van der Waals surface area contributed by atoms with Crippen molar-refractivity contribution in [3.63, 3.8) is 0 Å². The molecule has 1 aromatic heterocycles. The highest BCUT2D eigenvalue weighted by atomic mass is 32.2.